The fourth-order valence-electron chi connectivity index (χ4n) is 2.40. The lowest BCUT2D eigenvalue weighted by molar-refractivity contribution is 0.222. The number of ether oxygens (including phenoxy) is 1. The van der Waals surface area contributed by atoms with Crippen LogP contribution in [0.1, 0.15) is 19.4 Å². The minimum atomic E-state index is -3.48. The summed E-state index contributed by atoms with van der Waals surface area (Å²) in [6.07, 6.45) is 0. The van der Waals surface area contributed by atoms with Gasteiger partial charge in [0.25, 0.3) is 0 Å². The first-order valence-electron chi connectivity index (χ1n) is 8.24. The van der Waals surface area contributed by atoms with Crippen molar-refractivity contribution in [3.63, 3.8) is 0 Å². The maximum Gasteiger partial charge on any atom is 0.206 e. The quantitative estimate of drug-likeness (QED) is 0.692. The van der Waals surface area contributed by atoms with Gasteiger partial charge >= 0.3 is 0 Å². The summed E-state index contributed by atoms with van der Waals surface area (Å²) in [7, 11) is -3.48. The first-order valence-corrected chi connectivity index (χ1v) is 9.72. The van der Waals surface area contributed by atoms with Crippen molar-refractivity contribution in [3.8, 4) is 5.75 Å². The topological polar surface area (TPSA) is 46.6 Å². The van der Waals surface area contributed by atoms with Gasteiger partial charge in [0.2, 0.25) is 9.84 Å². The number of halogens is 1. The second kappa shape index (κ2) is 9.80. The number of hydrogen-bond acceptors (Lipinski definition) is 4. The molecule has 0 spiro atoms. The Hall–Kier alpha value is -1.56. The number of sulfone groups is 1. The van der Waals surface area contributed by atoms with Gasteiger partial charge in [-0.3, -0.25) is 0 Å². The molecule has 0 N–H and O–H groups in total. The normalized spacial score (nSPS) is 11.2. The monoisotopic (exact) mass is 383 g/mol. The smallest absolute Gasteiger partial charge is 0.206 e. The molecule has 0 atom stereocenters. The molecule has 2 aromatic carbocycles. The Bertz CT molecular complexity index is 739. The molecule has 25 heavy (non-hydrogen) atoms. The second-order valence-electron chi connectivity index (χ2n) is 5.66. The van der Waals surface area contributed by atoms with E-state index in [1.54, 1.807) is 48.5 Å². The molecular weight excluding hydrogens is 358 g/mol. The van der Waals surface area contributed by atoms with Gasteiger partial charge in [0.1, 0.15) is 12.4 Å². The Labute approximate surface area is 157 Å². The highest BCUT2D eigenvalue weighted by Gasteiger charge is 2.17. The number of aryl methyl sites for hydroxylation is 1. The highest BCUT2D eigenvalue weighted by molar-refractivity contribution is 7.91. The van der Waals surface area contributed by atoms with Crippen molar-refractivity contribution in [3.05, 3.63) is 54.1 Å². The van der Waals surface area contributed by atoms with Crippen LogP contribution in [0.2, 0.25) is 0 Å². The van der Waals surface area contributed by atoms with E-state index >= 15 is 0 Å². The Balaban J connectivity index is 0.00000312. The second-order valence-corrected chi connectivity index (χ2v) is 7.61. The average Bonchev–Trinajstić information content (AvgIpc) is 2.59. The molecular formula is C19H26ClNO3S. The summed E-state index contributed by atoms with van der Waals surface area (Å²) in [6.45, 7) is 9.60. The Kier molecular flexibility index (Phi) is 8.42. The van der Waals surface area contributed by atoms with E-state index in [0.717, 1.165) is 25.2 Å². The lowest BCUT2D eigenvalue weighted by Gasteiger charge is -2.18. The third-order valence-electron chi connectivity index (χ3n) is 4.04. The molecule has 2 aromatic rings. The zero-order chi connectivity index (χ0) is 17.6. The van der Waals surface area contributed by atoms with Gasteiger partial charge in [-0.05, 0) is 56.4 Å². The van der Waals surface area contributed by atoms with Crippen LogP contribution in [0.5, 0.6) is 5.75 Å². The molecule has 6 heteroatoms. The highest BCUT2D eigenvalue weighted by Crippen LogP contribution is 2.23. The third-order valence-corrected chi connectivity index (χ3v) is 5.82. The Morgan fingerprint density at radius 3 is 1.84 bits per heavy atom. The maximum atomic E-state index is 12.6. The van der Waals surface area contributed by atoms with Gasteiger partial charge in [-0.1, -0.05) is 31.5 Å². The van der Waals surface area contributed by atoms with Gasteiger partial charge < -0.3 is 9.64 Å². The third kappa shape index (κ3) is 5.73. The molecule has 2 rings (SSSR count). The van der Waals surface area contributed by atoms with Crippen LogP contribution in [0.25, 0.3) is 0 Å². The van der Waals surface area contributed by atoms with Crippen LogP contribution in [-0.4, -0.2) is 39.6 Å². The van der Waals surface area contributed by atoms with Crippen LogP contribution in [0.4, 0.5) is 0 Å². The minimum Gasteiger partial charge on any atom is -0.492 e. The molecule has 0 aliphatic carbocycles. The molecule has 0 saturated heterocycles. The molecule has 0 aliphatic heterocycles. The minimum absolute atomic E-state index is 0. The summed E-state index contributed by atoms with van der Waals surface area (Å²) in [6, 6.07) is 13.5. The molecule has 0 unspecified atom stereocenters. The number of benzene rings is 2. The van der Waals surface area contributed by atoms with E-state index in [1.807, 2.05) is 6.92 Å². The van der Waals surface area contributed by atoms with E-state index in [0.29, 0.717) is 17.3 Å². The first kappa shape index (κ1) is 21.5. The van der Waals surface area contributed by atoms with E-state index in [4.69, 9.17) is 4.74 Å². The van der Waals surface area contributed by atoms with Crippen LogP contribution >= 0.6 is 12.4 Å². The fourth-order valence-corrected chi connectivity index (χ4v) is 3.66. The summed E-state index contributed by atoms with van der Waals surface area (Å²) in [5.74, 6) is 0.685. The van der Waals surface area contributed by atoms with E-state index in [-0.39, 0.29) is 17.3 Å². The van der Waals surface area contributed by atoms with Gasteiger partial charge in [0.05, 0.1) is 9.79 Å². The predicted molar refractivity (Wildman–Crippen MR) is 104 cm³/mol. The lowest BCUT2D eigenvalue weighted by atomic mass is 10.2. The van der Waals surface area contributed by atoms with Crippen LogP contribution in [0.3, 0.4) is 0 Å². The first-order chi connectivity index (χ1) is 11.5. The van der Waals surface area contributed by atoms with Crippen molar-refractivity contribution in [1.29, 1.82) is 0 Å². The summed E-state index contributed by atoms with van der Waals surface area (Å²) in [4.78, 5) is 2.86. The zero-order valence-corrected chi connectivity index (χ0v) is 16.6. The van der Waals surface area contributed by atoms with Crippen molar-refractivity contribution in [2.75, 3.05) is 26.2 Å². The van der Waals surface area contributed by atoms with Crippen molar-refractivity contribution in [2.45, 2.75) is 30.6 Å². The van der Waals surface area contributed by atoms with Gasteiger partial charge in [0.15, 0.2) is 0 Å². The largest absolute Gasteiger partial charge is 0.492 e. The van der Waals surface area contributed by atoms with E-state index in [9.17, 15) is 8.42 Å². The van der Waals surface area contributed by atoms with Crippen LogP contribution in [0, 0.1) is 6.92 Å². The molecule has 4 nitrogen and oxygen atoms in total. The number of rotatable bonds is 8. The number of hydrogen-bond donors (Lipinski definition) is 0. The summed E-state index contributed by atoms with van der Waals surface area (Å²) < 4.78 is 30.9. The van der Waals surface area contributed by atoms with Gasteiger partial charge in [-0.25, -0.2) is 8.42 Å². The molecule has 0 aromatic heterocycles. The summed E-state index contributed by atoms with van der Waals surface area (Å²) in [5.41, 5.74) is 1.03. The Morgan fingerprint density at radius 1 is 0.880 bits per heavy atom. The predicted octanol–water partition coefficient (Wildman–Crippen LogP) is 3.97. The van der Waals surface area contributed by atoms with Crippen molar-refractivity contribution < 1.29 is 13.2 Å². The van der Waals surface area contributed by atoms with Gasteiger partial charge in [0, 0.05) is 6.54 Å². The molecule has 0 saturated carbocycles. The SMILES string of the molecule is CCN(CC)CCOc1ccc(S(=O)(=O)c2ccc(C)cc2)cc1.Cl. The number of nitrogens with zero attached hydrogens (tertiary/aromatic N) is 1. The summed E-state index contributed by atoms with van der Waals surface area (Å²) >= 11 is 0. The maximum absolute atomic E-state index is 12.6. The van der Waals surface area contributed by atoms with Crippen molar-refractivity contribution in [1.82, 2.24) is 4.90 Å². The standard InChI is InChI=1S/C19H25NO3S.ClH/c1-4-20(5-2)14-15-23-17-8-12-19(13-9-17)24(21,22)18-10-6-16(3)7-11-18;/h6-13H,4-5,14-15H2,1-3H3;1H. The zero-order valence-electron chi connectivity index (χ0n) is 14.9. The molecule has 0 aliphatic rings. The van der Waals surface area contributed by atoms with Crippen LogP contribution < -0.4 is 4.74 Å². The summed E-state index contributed by atoms with van der Waals surface area (Å²) in [5, 5.41) is 0. The van der Waals surface area contributed by atoms with Crippen LogP contribution in [-0.2, 0) is 9.84 Å². The van der Waals surface area contributed by atoms with Gasteiger partial charge in [-0.2, -0.15) is 0 Å². The fraction of sp³-hybridized carbons (Fsp3) is 0.368. The van der Waals surface area contributed by atoms with Gasteiger partial charge in [-0.15, -0.1) is 12.4 Å². The molecule has 0 amide bonds. The number of likely N-dealkylation sites (N-methyl/N-ethyl adjacent to an activating group) is 1. The molecule has 0 bridgehead atoms. The van der Waals surface area contributed by atoms with E-state index in [1.165, 1.54) is 0 Å². The van der Waals surface area contributed by atoms with E-state index in [2.05, 4.69) is 18.7 Å². The van der Waals surface area contributed by atoms with Crippen molar-refractivity contribution >= 4 is 22.2 Å². The Morgan fingerprint density at radius 2 is 1.36 bits per heavy atom. The van der Waals surface area contributed by atoms with Crippen molar-refractivity contribution in [2.24, 2.45) is 0 Å². The molecule has 138 valence electrons. The van der Waals surface area contributed by atoms with Crippen LogP contribution in [0.15, 0.2) is 58.3 Å². The molecule has 0 heterocycles. The molecule has 0 radical (unpaired) electrons. The average molecular weight is 384 g/mol. The highest BCUT2D eigenvalue weighted by atomic mass is 35.5. The molecule has 0 fully saturated rings. The van der Waals surface area contributed by atoms with E-state index < -0.39 is 9.84 Å². The lowest BCUT2D eigenvalue weighted by Crippen LogP contribution is -2.27.